The van der Waals surface area contributed by atoms with Crippen LogP contribution in [0.4, 0.5) is 0 Å². The Morgan fingerprint density at radius 1 is 1.21 bits per heavy atom. The number of aliphatic hydroxyl groups is 1. The smallest absolute Gasteiger partial charge is 0.0724 e. The first kappa shape index (κ1) is 10.2. The molecule has 2 nitrogen and oxygen atoms in total. The molecule has 1 aliphatic heterocycles. The predicted molar refractivity (Wildman–Crippen MR) is 58.1 cm³/mol. The monoisotopic (exact) mass is 195 g/mol. The molecule has 1 fully saturated rings. The lowest BCUT2D eigenvalue weighted by molar-refractivity contribution is 0.0540. The number of allylic oxidation sites excluding steroid dienone is 2. The molecule has 3 unspecified atom stereocenters. The quantitative estimate of drug-likeness (QED) is 0.659. The first-order valence-electron chi connectivity index (χ1n) is 5.94. The van der Waals surface area contributed by atoms with E-state index >= 15 is 0 Å². The maximum absolute atomic E-state index is 10.2. The minimum Gasteiger partial charge on any atom is -0.391 e. The van der Waals surface area contributed by atoms with Crippen molar-refractivity contribution in [3.8, 4) is 0 Å². The number of hydrogen-bond donors (Lipinski definition) is 2. The van der Waals surface area contributed by atoms with Gasteiger partial charge >= 0.3 is 0 Å². The van der Waals surface area contributed by atoms with Gasteiger partial charge in [0.25, 0.3) is 0 Å². The van der Waals surface area contributed by atoms with Gasteiger partial charge in [0.15, 0.2) is 0 Å². The number of rotatable bonds is 2. The lowest BCUT2D eigenvalue weighted by atomic mass is 9.83. The van der Waals surface area contributed by atoms with E-state index in [1.54, 1.807) is 0 Å². The van der Waals surface area contributed by atoms with Crippen LogP contribution in [0.2, 0.25) is 0 Å². The topological polar surface area (TPSA) is 32.3 Å². The molecular formula is C12H21NO. The molecule has 3 atom stereocenters. The van der Waals surface area contributed by atoms with E-state index in [1.165, 1.54) is 12.8 Å². The highest BCUT2D eigenvalue weighted by Crippen LogP contribution is 2.25. The molecule has 0 spiro atoms. The summed E-state index contributed by atoms with van der Waals surface area (Å²) in [4.78, 5) is 0. The maximum atomic E-state index is 10.2. The first-order chi connectivity index (χ1) is 6.88. The molecule has 1 saturated heterocycles. The van der Waals surface area contributed by atoms with E-state index < -0.39 is 0 Å². The zero-order chi connectivity index (χ0) is 9.80. The van der Waals surface area contributed by atoms with E-state index in [-0.39, 0.29) is 6.10 Å². The standard InChI is InChI=1S/C12H21NO/c14-12(10-6-2-1-3-7-10)11-8-4-5-9-13-11/h1-2,10-14H,3-9H2. The van der Waals surface area contributed by atoms with Crippen LogP contribution in [0, 0.1) is 5.92 Å². The summed E-state index contributed by atoms with van der Waals surface area (Å²) in [5.41, 5.74) is 0. The Morgan fingerprint density at radius 2 is 2.14 bits per heavy atom. The molecule has 0 saturated carbocycles. The average Bonchev–Trinajstić information content (AvgIpc) is 2.30. The number of aliphatic hydroxyl groups excluding tert-OH is 1. The van der Waals surface area contributed by atoms with Crippen LogP contribution in [0.5, 0.6) is 0 Å². The molecule has 80 valence electrons. The van der Waals surface area contributed by atoms with Crippen molar-refractivity contribution in [3.63, 3.8) is 0 Å². The van der Waals surface area contributed by atoms with Crippen LogP contribution in [-0.4, -0.2) is 23.8 Å². The summed E-state index contributed by atoms with van der Waals surface area (Å²) in [5, 5.41) is 13.6. The largest absolute Gasteiger partial charge is 0.391 e. The fourth-order valence-electron chi connectivity index (χ4n) is 2.63. The highest BCUT2D eigenvalue weighted by atomic mass is 16.3. The summed E-state index contributed by atoms with van der Waals surface area (Å²) in [6.45, 7) is 1.09. The van der Waals surface area contributed by atoms with Gasteiger partial charge in [0, 0.05) is 6.04 Å². The van der Waals surface area contributed by atoms with E-state index in [9.17, 15) is 5.11 Å². The molecule has 0 radical (unpaired) electrons. The minimum atomic E-state index is -0.125. The zero-order valence-corrected chi connectivity index (χ0v) is 8.78. The van der Waals surface area contributed by atoms with Crippen LogP contribution in [0.15, 0.2) is 12.2 Å². The van der Waals surface area contributed by atoms with Crippen molar-refractivity contribution in [1.29, 1.82) is 0 Å². The zero-order valence-electron chi connectivity index (χ0n) is 8.78. The highest BCUT2D eigenvalue weighted by Gasteiger charge is 2.28. The Hall–Kier alpha value is -0.340. The van der Waals surface area contributed by atoms with Gasteiger partial charge in [-0.15, -0.1) is 0 Å². The third-order valence-electron chi connectivity index (χ3n) is 3.55. The van der Waals surface area contributed by atoms with E-state index in [0.717, 1.165) is 32.2 Å². The molecule has 0 amide bonds. The summed E-state index contributed by atoms with van der Waals surface area (Å²) in [5.74, 6) is 0.496. The van der Waals surface area contributed by atoms with E-state index in [0.29, 0.717) is 12.0 Å². The van der Waals surface area contributed by atoms with Gasteiger partial charge in [-0.2, -0.15) is 0 Å². The van der Waals surface area contributed by atoms with Crippen molar-refractivity contribution < 1.29 is 5.11 Å². The van der Waals surface area contributed by atoms with Crippen LogP contribution in [0.3, 0.4) is 0 Å². The van der Waals surface area contributed by atoms with Gasteiger partial charge < -0.3 is 10.4 Å². The van der Waals surface area contributed by atoms with Crippen molar-refractivity contribution in [3.05, 3.63) is 12.2 Å². The second-order valence-corrected chi connectivity index (χ2v) is 4.59. The molecule has 0 aromatic carbocycles. The second kappa shape index (κ2) is 4.94. The SMILES string of the molecule is OC(C1CC=CCC1)C1CCCCN1. The number of piperidine rings is 1. The molecule has 2 heteroatoms. The van der Waals surface area contributed by atoms with Crippen LogP contribution in [0.1, 0.15) is 38.5 Å². The third kappa shape index (κ3) is 2.37. The third-order valence-corrected chi connectivity index (χ3v) is 3.55. The molecule has 2 aliphatic rings. The van der Waals surface area contributed by atoms with Gasteiger partial charge in [-0.3, -0.25) is 0 Å². The average molecular weight is 195 g/mol. The Bertz CT molecular complexity index is 196. The van der Waals surface area contributed by atoms with Gasteiger partial charge in [0.2, 0.25) is 0 Å². The Labute approximate surface area is 86.4 Å². The summed E-state index contributed by atoms with van der Waals surface area (Å²) in [7, 11) is 0. The number of hydrogen-bond acceptors (Lipinski definition) is 2. The van der Waals surface area contributed by atoms with Gasteiger partial charge in [-0.1, -0.05) is 18.6 Å². The van der Waals surface area contributed by atoms with E-state index in [4.69, 9.17) is 0 Å². The van der Waals surface area contributed by atoms with Crippen LogP contribution >= 0.6 is 0 Å². The summed E-state index contributed by atoms with van der Waals surface area (Å²) >= 11 is 0. The van der Waals surface area contributed by atoms with Crippen LogP contribution in [0.25, 0.3) is 0 Å². The number of nitrogens with one attached hydrogen (secondary N) is 1. The first-order valence-corrected chi connectivity index (χ1v) is 5.94. The molecule has 0 bridgehead atoms. The second-order valence-electron chi connectivity index (χ2n) is 4.59. The summed E-state index contributed by atoms with van der Waals surface area (Å²) in [6, 6.07) is 0.361. The highest BCUT2D eigenvalue weighted by molar-refractivity contribution is 4.95. The molecule has 2 rings (SSSR count). The normalized spacial score (nSPS) is 35.5. The molecule has 14 heavy (non-hydrogen) atoms. The Kier molecular flexibility index (Phi) is 3.60. The maximum Gasteiger partial charge on any atom is 0.0724 e. The van der Waals surface area contributed by atoms with Crippen LogP contribution in [-0.2, 0) is 0 Å². The van der Waals surface area contributed by atoms with Gasteiger partial charge in [-0.25, -0.2) is 0 Å². The molecule has 1 aliphatic carbocycles. The Balaban J connectivity index is 1.86. The molecule has 1 heterocycles. The predicted octanol–water partition coefficient (Wildman–Crippen LogP) is 1.85. The van der Waals surface area contributed by atoms with Crippen molar-refractivity contribution in [2.45, 2.75) is 50.7 Å². The molecule has 0 aromatic rings. The fraction of sp³-hybridized carbons (Fsp3) is 0.833. The van der Waals surface area contributed by atoms with Crippen molar-refractivity contribution in [2.75, 3.05) is 6.54 Å². The molecule has 2 N–H and O–H groups in total. The van der Waals surface area contributed by atoms with E-state index in [1.807, 2.05) is 0 Å². The van der Waals surface area contributed by atoms with Crippen molar-refractivity contribution >= 4 is 0 Å². The summed E-state index contributed by atoms with van der Waals surface area (Å²) < 4.78 is 0. The Morgan fingerprint density at radius 3 is 2.79 bits per heavy atom. The lowest BCUT2D eigenvalue weighted by Gasteiger charge is -2.33. The van der Waals surface area contributed by atoms with Crippen molar-refractivity contribution in [1.82, 2.24) is 5.32 Å². The van der Waals surface area contributed by atoms with Gasteiger partial charge in [0.05, 0.1) is 6.10 Å². The molecule has 0 aromatic heterocycles. The minimum absolute atomic E-state index is 0.125. The van der Waals surface area contributed by atoms with Gasteiger partial charge in [0.1, 0.15) is 0 Å². The summed E-state index contributed by atoms with van der Waals surface area (Å²) in [6.07, 6.45) is 11.4. The van der Waals surface area contributed by atoms with Crippen LogP contribution < -0.4 is 5.32 Å². The van der Waals surface area contributed by atoms with Crippen molar-refractivity contribution in [2.24, 2.45) is 5.92 Å². The van der Waals surface area contributed by atoms with E-state index in [2.05, 4.69) is 17.5 Å². The fourth-order valence-corrected chi connectivity index (χ4v) is 2.63. The van der Waals surface area contributed by atoms with Gasteiger partial charge in [-0.05, 0) is 44.6 Å². The lowest BCUT2D eigenvalue weighted by Crippen LogP contribution is -2.46. The molecular weight excluding hydrogens is 174 g/mol.